The second kappa shape index (κ2) is 5.29. The van der Waals surface area contributed by atoms with Gasteiger partial charge in [-0.15, -0.1) is 0 Å². The lowest BCUT2D eigenvalue weighted by Crippen LogP contribution is -2.39. The predicted octanol–water partition coefficient (Wildman–Crippen LogP) is 1.32. The standard InChI is InChI=1S/C13H14BrNO4S/c1-15-12(16)6-8-3-4-9(5-10(8)13(15)17)11(14)7-20(2,18)19/h3-5,11H,6-7H2,1-2H3. The van der Waals surface area contributed by atoms with Crippen LogP contribution in [0, 0.1) is 0 Å². The normalized spacial score (nSPS) is 17.1. The Morgan fingerprint density at radius 2 is 2.00 bits per heavy atom. The Bertz CT molecular complexity index is 684. The number of alkyl halides is 1. The number of hydrogen-bond acceptors (Lipinski definition) is 4. The van der Waals surface area contributed by atoms with Gasteiger partial charge in [-0.3, -0.25) is 14.5 Å². The van der Waals surface area contributed by atoms with Gasteiger partial charge < -0.3 is 0 Å². The third kappa shape index (κ3) is 3.09. The number of amides is 2. The molecule has 1 atom stereocenters. The molecule has 0 N–H and O–H groups in total. The maximum Gasteiger partial charge on any atom is 0.260 e. The highest BCUT2D eigenvalue weighted by molar-refractivity contribution is 9.09. The summed E-state index contributed by atoms with van der Waals surface area (Å²) in [6.45, 7) is 0. The number of likely N-dealkylation sites (N-methyl/N-ethyl adjacent to an activating group) is 1. The summed E-state index contributed by atoms with van der Waals surface area (Å²) in [6.07, 6.45) is 1.36. The molecule has 1 heterocycles. The Morgan fingerprint density at radius 1 is 1.35 bits per heavy atom. The Morgan fingerprint density at radius 3 is 2.60 bits per heavy atom. The Hall–Kier alpha value is -1.21. The van der Waals surface area contributed by atoms with Crippen LogP contribution >= 0.6 is 15.9 Å². The summed E-state index contributed by atoms with van der Waals surface area (Å²) in [5.74, 6) is -0.631. The van der Waals surface area contributed by atoms with Crippen LogP contribution in [-0.4, -0.2) is 44.2 Å². The Labute approximate surface area is 126 Å². The number of imide groups is 1. The molecule has 2 amide bonds. The van der Waals surface area contributed by atoms with Crippen molar-refractivity contribution in [2.24, 2.45) is 0 Å². The summed E-state index contributed by atoms with van der Waals surface area (Å²) in [5, 5.41) is 0. The van der Waals surface area contributed by atoms with E-state index in [0.29, 0.717) is 16.7 Å². The summed E-state index contributed by atoms with van der Waals surface area (Å²) in [4.78, 5) is 24.4. The molecule has 2 rings (SSSR count). The summed E-state index contributed by atoms with van der Waals surface area (Å²) < 4.78 is 22.6. The first-order chi connectivity index (χ1) is 9.19. The van der Waals surface area contributed by atoms with E-state index in [0.717, 1.165) is 11.2 Å². The van der Waals surface area contributed by atoms with Crippen LogP contribution < -0.4 is 0 Å². The first-order valence-electron chi connectivity index (χ1n) is 5.94. The van der Waals surface area contributed by atoms with Gasteiger partial charge in [0.15, 0.2) is 0 Å². The van der Waals surface area contributed by atoms with Gasteiger partial charge in [0.1, 0.15) is 9.84 Å². The molecular weight excluding hydrogens is 346 g/mol. The second-order valence-corrected chi connectivity index (χ2v) is 8.20. The molecule has 20 heavy (non-hydrogen) atoms. The molecule has 1 unspecified atom stereocenters. The molecule has 0 bridgehead atoms. The summed E-state index contributed by atoms with van der Waals surface area (Å²) in [5.41, 5.74) is 1.86. The molecule has 0 fully saturated rings. The lowest BCUT2D eigenvalue weighted by molar-refractivity contribution is -0.127. The number of halogens is 1. The number of fused-ring (bicyclic) bond motifs is 1. The molecule has 0 aromatic heterocycles. The van der Waals surface area contributed by atoms with E-state index in [1.54, 1.807) is 18.2 Å². The van der Waals surface area contributed by atoms with Crippen molar-refractivity contribution in [1.29, 1.82) is 0 Å². The van der Waals surface area contributed by atoms with E-state index in [9.17, 15) is 18.0 Å². The van der Waals surface area contributed by atoms with Gasteiger partial charge in [-0.05, 0) is 17.2 Å². The van der Waals surface area contributed by atoms with E-state index in [1.807, 2.05) is 0 Å². The molecular formula is C13H14BrNO4S. The summed E-state index contributed by atoms with van der Waals surface area (Å²) in [7, 11) is -1.68. The average Bonchev–Trinajstić information content (AvgIpc) is 2.34. The molecule has 1 aliphatic heterocycles. The van der Waals surface area contributed by atoms with Gasteiger partial charge in [-0.1, -0.05) is 28.1 Å². The van der Waals surface area contributed by atoms with Crippen LogP contribution in [0.25, 0.3) is 0 Å². The third-order valence-corrected chi connectivity index (χ3v) is 5.42. The molecule has 7 heteroatoms. The van der Waals surface area contributed by atoms with Gasteiger partial charge >= 0.3 is 0 Å². The molecule has 1 aromatic carbocycles. The van der Waals surface area contributed by atoms with E-state index in [4.69, 9.17) is 0 Å². The van der Waals surface area contributed by atoms with Crippen LogP contribution in [0.2, 0.25) is 0 Å². The highest BCUT2D eigenvalue weighted by Gasteiger charge is 2.28. The van der Waals surface area contributed by atoms with E-state index < -0.39 is 9.84 Å². The van der Waals surface area contributed by atoms with Crippen molar-refractivity contribution in [3.8, 4) is 0 Å². The van der Waals surface area contributed by atoms with Crippen LogP contribution in [0.3, 0.4) is 0 Å². The number of carbonyl (C=O) groups is 2. The molecule has 5 nitrogen and oxygen atoms in total. The van der Waals surface area contributed by atoms with Crippen LogP contribution in [0.5, 0.6) is 0 Å². The number of hydrogen-bond donors (Lipinski definition) is 0. The monoisotopic (exact) mass is 359 g/mol. The van der Waals surface area contributed by atoms with E-state index in [1.165, 1.54) is 7.05 Å². The molecule has 0 saturated carbocycles. The predicted molar refractivity (Wildman–Crippen MR) is 78.6 cm³/mol. The van der Waals surface area contributed by atoms with Gasteiger partial charge in [-0.2, -0.15) is 0 Å². The van der Waals surface area contributed by atoms with Crippen molar-refractivity contribution < 1.29 is 18.0 Å². The van der Waals surface area contributed by atoms with Gasteiger partial charge in [-0.25, -0.2) is 8.42 Å². The van der Waals surface area contributed by atoms with Crippen molar-refractivity contribution >= 4 is 37.6 Å². The third-order valence-electron chi connectivity index (χ3n) is 3.20. The van der Waals surface area contributed by atoms with Crippen LogP contribution in [0.15, 0.2) is 18.2 Å². The smallest absolute Gasteiger partial charge is 0.260 e. The van der Waals surface area contributed by atoms with E-state index >= 15 is 0 Å². The van der Waals surface area contributed by atoms with Crippen LogP contribution in [0.1, 0.15) is 26.3 Å². The van der Waals surface area contributed by atoms with Crippen molar-refractivity contribution in [3.63, 3.8) is 0 Å². The lowest BCUT2D eigenvalue weighted by Gasteiger charge is -2.24. The summed E-state index contributed by atoms with van der Waals surface area (Å²) >= 11 is 3.33. The van der Waals surface area contributed by atoms with Gasteiger partial charge in [0.2, 0.25) is 5.91 Å². The zero-order valence-electron chi connectivity index (χ0n) is 11.1. The number of carbonyl (C=O) groups excluding carboxylic acids is 2. The van der Waals surface area contributed by atoms with Crippen LogP contribution in [-0.2, 0) is 21.1 Å². The largest absolute Gasteiger partial charge is 0.281 e. The molecule has 0 spiro atoms. The minimum atomic E-state index is -3.12. The maximum atomic E-state index is 12.1. The topological polar surface area (TPSA) is 71.5 Å². The quantitative estimate of drug-likeness (QED) is 0.602. The molecule has 0 radical (unpaired) electrons. The zero-order valence-corrected chi connectivity index (χ0v) is 13.5. The zero-order chi connectivity index (χ0) is 15.1. The maximum absolute atomic E-state index is 12.1. The van der Waals surface area contributed by atoms with Gasteiger partial charge in [0.05, 0.1) is 17.0 Å². The average molecular weight is 360 g/mol. The highest BCUT2D eigenvalue weighted by Crippen LogP contribution is 2.28. The van der Waals surface area contributed by atoms with Gasteiger partial charge in [0, 0.05) is 18.9 Å². The fourth-order valence-electron chi connectivity index (χ4n) is 2.08. The number of benzene rings is 1. The molecule has 0 aliphatic carbocycles. The fraction of sp³-hybridized carbons (Fsp3) is 0.385. The molecule has 1 aromatic rings. The molecule has 1 aliphatic rings. The Kier molecular flexibility index (Phi) is 4.02. The number of sulfone groups is 1. The number of rotatable bonds is 3. The van der Waals surface area contributed by atoms with Crippen molar-refractivity contribution in [2.75, 3.05) is 19.1 Å². The van der Waals surface area contributed by atoms with Crippen molar-refractivity contribution in [1.82, 2.24) is 4.90 Å². The molecule has 0 saturated heterocycles. The lowest BCUT2D eigenvalue weighted by atomic mass is 9.96. The SMILES string of the molecule is CN1C(=O)Cc2ccc(C(Br)CS(C)(=O)=O)cc2C1=O. The van der Waals surface area contributed by atoms with Crippen molar-refractivity contribution in [2.45, 2.75) is 11.2 Å². The minimum Gasteiger partial charge on any atom is -0.281 e. The van der Waals surface area contributed by atoms with Gasteiger partial charge in [0.25, 0.3) is 5.91 Å². The summed E-state index contributed by atoms with van der Waals surface area (Å²) in [6, 6.07) is 5.12. The minimum absolute atomic E-state index is 0.0469. The second-order valence-electron chi connectivity index (χ2n) is 4.91. The fourth-order valence-corrected chi connectivity index (χ4v) is 4.53. The van der Waals surface area contributed by atoms with E-state index in [-0.39, 0.29) is 28.8 Å². The number of nitrogens with zero attached hydrogens (tertiary/aromatic N) is 1. The van der Waals surface area contributed by atoms with Crippen molar-refractivity contribution in [3.05, 3.63) is 34.9 Å². The first kappa shape index (κ1) is 15.2. The Balaban J connectivity index is 2.37. The highest BCUT2D eigenvalue weighted by atomic mass is 79.9. The van der Waals surface area contributed by atoms with Crippen LogP contribution in [0.4, 0.5) is 0 Å². The van der Waals surface area contributed by atoms with E-state index in [2.05, 4.69) is 15.9 Å². The molecule has 108 valence electrons. The first-order valence-corrected chi connectivity index (χ1v) is 8.92.